The number of anilines is 1. The Morgan fingerprint density at radius 3 is 2.00 bits per heavy atom. The minimum atomic E-state index is -4.42. The maximum absolute atomic E-state index is 13.6. The SMILES string of the molecule is O=C(NCCc1ccc(O)cc1)C1=NCI(c2ccc(S(=O)(=O)O)cc2)C(=O)/C1=N\Nc1ccc(S(=O)(=O)O)cc1. The number of alkyl halides is 1. The van der Waals surface area contributed by atoms with Gasteiger partial charge in [0.1, 0.15) is 0 Å². The summed E-state index contributed by atoms with van der Waals surface area (Å²) in [6.07, 6.45) is 0.441. The van der Waals surface area contributed by atoms with Gasteiger partial charge in [-0.2, -0.15) is 0 Å². The molecule has 0 aromatic heterocycles. The molecule has 1 amide bonds. The van der Waals surface area contributed by atoms with Crippen LogP contribution in [0.1, 0.15) is 5.56 Å². The third-order valence-electron chi connectivity index (χ3n) is 5.63. The molecule has 0 aliphatic carbocycles. The van der Waals surface area contributed by atoms with Gasteiger partial charge < -0.3 is 0 Å². The van der Waals surface area contributed by atoms with Crippen LogP contribution in [0.5, 0.6) is 5.75 Å². The first kappa shape index (κ1) is 30.3. The van der Waals surface area contributed by atoms with Gasteiger partial charge in [-0.05, 0) is 0 Å². The van der Waals surface area contributed by atoms with E-state index in [4.69, 9.17) is 4.55 Å². The molecule has 16 heteroatoms. The first-order valence-corrected chi connectivity index (χ1v) is 18.2. The van der Waals surface area contributed by atoms with Crippen molar-refractivity contribution in [1.29, 1.82) is 0 Å². The molecule has 0 saturated heterocycles. The average molecular weight is 715 g/mol. The monoisotopic (exact) mass is 714 g/mol. The van der Waals surface area contributed by atoms with Crippen LogP contribution in [0.25, 0.3) is 0 Å². The van der Waals surface area contributed by atoms with Crippen LogP contribution >= 0.6 is 19.8 Å². The van der Waals surface area contributed by atoms with Crippen molar-refractivity contribution < 1.29 is 40.6 Å². The van der Waals surface area contributed by atoms with E-state index in [1.54, 1.807) is 12.1 Å². The van der Waals surface area contributed by atoms with E-state index in [0.29, 0.717) is 9.99 Å². The second kappa shape index (κ2) is 12.4. The fraction of sp³-hybridized carbons (Fsp3) is 0.120. The van der Waals surface area contributed by atoms with E-state index < -0.39 is 49.8 Å². The Kier molecular flexibility index (Phi) is 9.17. The van der Waals surface area contributed by atoms with Gasteiger partial charge in [0.05, 0.1) is 0 Å². The zero-order valence-electron chi connectivity index (χ0n) is 20.9. The molecule has 0 atom stereocenters. The van der Waals surface area contributed by atoms with E-state index in [9.17, 15) is 36.1 Å². The summed E-state index contributed by atoms with van der Waals surface area (Å²) in [5.74, 6) is -0.530. The summed E-state index contributed by atoms with van der Waals surface area (Å²) in [6, 6.07) is 16.5. The van der Waals surface area contributed by atoms with Crippen LogP contribution in [-0.2, 0) is 36.2 Å². The van der Waals surface area contributed by atoms with Crippen LogP contribution in [0, 0.1) is 3.57 Å². The van der Waals surface area contributed by atoms with Crippen LogP contribution < -0.4 is 10.7 Å². The second-order valence-corrected chi connectivity index (χ2v) is 16.3. The van der Waals surface area contributed by atoms with Gasteiger partial charge in [0.25, 0.3) is 0 Å². The zero-order valence-corrected chi connectivity index (χ0v) is 24.7. The number of hydrazone groups is 1. The van der Waals surface area contributed by atoms with Crippen LogP contribution in [0.4, 0.5) is 5.69 Å². The fourth-order valence-corrected chi connectivity index (χ4v) is 8.67. The molecule has 5 N–H and O–H groups in total. The van der Waals surface area contributed by atoms with Crippen LogP contribution in [-0.4, -0.2) is 63.3 Å². The van der Waals surface area contributed by atoms with E-state index in [-0.39, 0.29) is 43.7 Å². The molecule has 3 aromatic rings. The number of hydrogen-bond acceptors (Lipinski definition) is 10. The summed E-state index contributed by atoms with van der Waals surface area (Å²) in [7, 11) is -8.84. The van der Waals surface area contributed by atoms with Crippen molar-refractivity contribution in [3.8, 4) is 5.75 Å². The minimum absolute atomic E-state index is 0.0246. The number of rotatable bonds is 9. The first-order valence-electron chi connectivity index (χ1n) is 11.6. The number of aliphatic imine (C=N–C) groups is 1. The van der Waals surface area contributed by atoms with Crippen molar-refractivity contribution in [1.82, 2.24) is 5.32 Å². The average Bonchev–Trinajstić information content (AvgIpc) is 2.92. The van der Waals surface area contributed by atoms with E-state index in [0.717, 1.165) is 17.7 Å². The maximum atomic E-state index is 13.6. The number of carbonyl (C=O) groups excluding carboxylic acids is 2. The molecular formula is C25H23IN4O9S2. The third-order valence-corrected chi connectivity index (χ3v) is 12.3. The van der Waals surface area contributed by atoms with E-state index in [2.05, 4.69) is 20.8 Å². The molecule has 0 radical (unpaired) electrons. The van der Waals surface area contributed by atoms with Gasteiger partial charge in [-0.1, -0.05) is 0 Å². The molecule has 1 heterocycles. The van der Waals surface area contributed by atoms with Gasteiger partial charge in [-0.15, -0.1) is 0 Å². The zero-order chi connectivity index (χ0) is 29.8. The van der Waals surface area contributed by atoms with Gasteiger partial charge in [-0.3, -0.25) is 0 Å². The molecule has 1 aliphatic rings. The molecule has 0 fully saturated rings. The summed E-state index contributed by atoms with van der Waals surface area (Å²) in [6.45, 7) is 0.202. The standard InChI is InChI=1S/C25H23IN4O9S2/c31-19-7-1-16(2-8-19)13-14-27-25(33)23-22(30-29-18-5-11-21(12-6-18)41(37,38)39)24(32)26(15-28-23)17-3-9-20(10-4-17)40(34,35)36/h1-12,29,31H,13-15H2,(H,27,33)(H,34,35,36)(H,37,38,39)/b30-22-. The Hall–Kier alpha value is -3.71. The topological polar surface area (TPSA) is 212 Å². The Labute approximate surface area is 242 Å². The normalized spacial score (nSPS) is 15.9. The number of phenols is 1. The van der Waals surface area contributed by atoms with Crippen molar-refractivity contribution in [2.45, 2.75) is 16.2 Å². The quantitative estimate of drug-likeness (QED) is 0.0545. The number of nitrogens with zero attached hydrogens (tertiary/aromatic N) is 2. The van der Waals surface area contributed by atoms with Gasteiger partial charge in [-0.25, -0.2) is 0 Å². The summed E-state index contributed by atoms with van der Waals surface area (Å²) in [5.41, 5.74) is 3.28. The Bertz CT molecular complexity index is 1740. The molecule has 0 saturated carbocycles. The Balaban J connectivity index is 1.58. The molecule has 0 unspecified atom stereocenters. The third kappa shape index (κ3) is 7.73. The van der Waals surface area contributed by atoms with Crippen molar-refractivity contribution in [3.63, 3.8) is 0 Å². The molecular weight excluding hydrogens is 691 g/mol. The summed E-state index contributed by atoms with van der Waals surface area (Å²) < 4.78 is 63.9. The van der Waals surface area contributed by atoms with Crippen LogP contribution in [0.15, 0.2) is 92.7 Å². The number of carbonyl (C=O) groups is 2. The molecule has 1 aliphatic heterocycles. The van der Waals surface area contributed by atoms with E-state index in [1.165, 1.54) is 48.5 Å². The van der Waals surface area contributed by atoms with Gasteiger partial charge in [0.2, 0.25) is 0 Å². The van der Waals surface area contributed by atoms with Gasteiger partial charge >= 0.3 is 243 Å². The first-order chi connectivity index (χ1) is 19.3. The van der Waals surface area contributed by atoms with E-state index >= 15 is 0 Å². The van der Waals surface area contributed by atoms with Crippen molar-refractivity contribution in [2.24, 2.45) is 10.1 Å². The predicted molar refractivity (Wildman–Crippen MR) is 158 cm³/mol. The number of nitrogens with one attached hydrogen (secondary N) is 2. The van der Waals surface area contributed by atoms with Crippen molar-refractivity contribution in [2.75, 3.05) is 16.5 Å². The second-order valence-electron chi connectivity index (χ2n) is 8.43. The number of aromatic hydroxyl groups is 1. The number of halogens is 1. The molecule has 13 nitrogen and oxygen atoms in total. The summed E-state index contributed by atoms with van der Waals surface area (Å²) >= 11 is -2.84. The van der Waals surface area contributed by atoms with Crippen molar-refractivity contribution >= 4 is 66.9 Å². The summed E-state index contributed by atoms with van der Waals surface area (Å²) in [4.78, 5) is 30.3. The van der Waals surface area contributed by atoms with Gasteiger partial charge in [0, 0.05) is 0 Å². The number of amides is 1. The number of benzene rings is 3. The van der Waals surface area contributed by atoms with Gasteiger partial charge in [0.15, 0.2) is 0 Å². The molecule has 0 bridgehead atoms. The molecule has 41 heavy (non-hydrogen) atoms. The number of phenolic OH excluding ortho intramolecular Hbond substituents is 1. The fourth-order valence-electron chi connectivity index (χ4n) is 3.54. The van der Waals surface area contributed by atoms with Crippen LogP contribution in [0.2, 0.25) is 0 Å². The molecule has 3 aromatic carbocycles. The Morgan fingerprint density at radius 2 is 1.44 bits per heavy atom. The molecule has 0 spiro atoms. The number of hydrogen-bond donors (Lipinski definition) is 5. The Morgan fingerprint density at radius 1 is 0.878 bits per heavy atom. The predicted octanol–water partition coefficient (Wildman–Crippen LogP) is 2.33. The van der Waals surface area contributed by atoms with Crippen molar-refractivity contribution in [3.05, 3.63) is 81.9 Å². The van der Waals surface area contributed by atoms with E-state index in [1.807, 2.05) is 0 Å². The molecule has 216 valence electrons. The summed E-state index contributed by atoms with van der Waals surface area (Å²) in [5, 5.41) is 16.2. The van der Waals surface area contributed by atoms with Crippen LogP contribution in [0.3, 0.4) is 0 Å². The molecule has 4 rings (SSSR count).